The highest BCUT2D eigenvalue weighted by Gasteiger charge is 2.49. The zero-order valence-corrected chi connectivity index (χ0v) is 14.9. The van der Waals surface area contributed by atoms with Crippen LogP contribution in [0.5, 0.6) is 0 Å². The SMILES string of the molecule is CC(C)=O.CC1(C)OC2CCC(n3cnc4c(N)ncnc43)C2O1.O. The lowest BCUT2D eigenvalue weighted by Crippen LogP contribution is -2.27. The molecule has 25 heavy (non-hydrogen) atoms. The van der Waals surface area contributed by atoms with Gasteiger partial charge in [-0.05, 0) is 40.5 Å². The molecule has 0 aromatic carbocycles. The number of nitrogens with two attached hydrogens (primary N) is 1. The molecule has 3 atom stereocenters. The quantitative estimate of drug-likeness (QED) is 0.810. The fourth-order valence-electron chi connectivity index (χ4n) is 3.32. The molecule has 3 heterocycles. The van der Waals surface area contributed by atoms with Gasteiger partial charge in [-0.25, -0.2) is 15.0 Å². The number of rotatable bonds is 1. The van der Waals surface area contributed by atoms with Crippen molar-refractivity contribution in [3.63, 3.8) is 0 Å². The third kappa shape index (κ3) is 3.78. The van der Waals surface area contributed by atoms with Crippen molar-refractivity contribution < 1.29 is 19.7 Å². The average molecular weight is 351 g/mol. The van der Waals surface area contributed by atoms with E-state index in [-0.39, 0.29) is 29.5 Å². The van der Waals surface area contributed by atoms with E-state index in [4.69, 9.17) is 15.2 Å². The summed E-state index contributed by atoms with van der Waals surface area (Å²) in [7, 11) is 0. The van der Waals surface area contributed by atoms with E-state index in [0.717, 1.165) is 18.5 Å². The Morgan fingerprint density at radius 3 is 2.60 bits per heavy atom. The van der Waals surface area contributed by atoms with Gasteiger partial charge < -0.3 is 30.0 Å². The molecule has 2 aromatic heterocycles. The molecule has 9 nitrogen and oxygen atoms in total. The smallest absolute Gasteiger partial charge is 0.165 e. The van der Waals surface area contributed by atoms with E-state index in [9.17, 15) is 4.79 Å². The van der Waals surface area contributed by atoms with Gasteiger partial charge in [-0.1, -0.05) is 0 Å². The van der Waals surface area contributed by atoms with Crippen molar-refractivity contribution in [1.29, 1.82) is 0 Å². The Kier molecular flexibility index (Phi) is 5.40. The first-order valence-electron chi connectivity index (χ1n) is 8.04. The van der Waals surface area contributed by atoms with Crippen LogP contribution in [0.25, 0.3) is 11.2 Å². The van der Waals surface area contributed by atoms with Crippen molar-refractivity contribution in [2.45, 2.75) is 64.6 Å². The molecule has 1 saturated carbocycles. The number of aromatic nitrogens is 4. The molecular weight excluding hydrogens is 326 g/mol. The van der Waals surface area contributed by atoms with Crippen molar-refractivity contribution in [2.75, 3.05) is 5.73 Å². The van der Waals surface area contributed by atoms with E-state index in [0.29, 0.717) is 11.3 Å². The van der Waals surface area contributed by atoms with Gasteiger partial charge in [0.15, 0.2) is 17.3 Å². The maximum absolute atomic E-state index is 9.44. The number of nitrogen functional groups attached to an aromatic ring is 1. The molecule has 9 heteroatoms. The lowest BCUT2D eigenvalue weighted by molar-refractivity contribution is -0.155. The van der Waals surface area contributed by atoms with Crippen LogP contribution in [0.4, 0.5) is 5.82 Å². The van der Waals surface area contributed by atoms with Crippen molar-refractivity contribution in [1.82, 2.24) is 19.5 Å². The van der Waals surface area contributed by atoms with Gasteiger partial charge in [-0.15, -0.1) is 0 Å². The zero-order chi connectivity index (χ0) is 17.5. The third-order valence-electron chi connectivity index (χ3n) is 4.09. The number of carbonyl (C=O) groups excluding carboxylic acids is 1. The van der Waals surface area contributed by atoms with Crippen molar-refractivity contribution in [3.05, 3.63) is 12.7 Å². The van der Waals surface area contributed by atoms with Gasteiger partial charge in [0.1, 0.15) is 23.7 Å². The van der Waals surface area contributed by atoms with Crippen LogP contribution in [0.1, 0.15) is 46.6 Å². The zero-order valence-electron chi connectivity index (χ0n) is 14.9. The number of Topliss-reactive ketones (excluding diaryl/α,β-unsaturated/α-hetero) is 1. The predicted octanol–water partition coefficient (Wildman–Crippen LogP) is 1.03. The minimum absolute atomic E-state index is 0. The van der Waals surface area contributed by atoms with E-state index >= 15 is 0 Å². The van der Waals surface area contributed by atoms with E-state index in [1.54, 1.807) is 6.33 Å². The number of imidazole rings is 1. The van der Waals surface area contributed by atoms with Gasteiger partial charge in [0.05, 0.1) is 18.5 Å². The van der Waals surface area contributed by atoms with Crippen LogP contribution < -0.4 is 5.73 Å². The number of ether oxygens (including phenoxy) is 2. The molecule has 0 bridgehead atoms. The minimum Gasteiger partial charge on any atom is -0.412 e. The van der Waals surface area contributed by atoms with Crippen LogP contribution >= 0.6 is 0 Å². The lowest BCUT2D eigenvalue weighted by Gasteiger charge is -2.22. The Bertz CT molecular complexity index is 756. The van der Waals surface area contributed by atoms with Crippen LogP contribution in [0.15, 0.2) is 12.7 Å². The third-order valence-corrected chi connectivity index (χ3v) is 4.09. The fraction of sp³-hybridized carbons (Fsp3) is 0.625. The molecule has 0 amide bonds. The minimum atomic E-state index is -0.515. The highest BCUT2D eigenvalue weighted by atomic mass is 16.8. The Balaban J connectivity index is 0.000000411. The Morgan fingerprint density at radius 2 is 1.92 bits per heavy atom. The highest BCUT2D eigenvalue weighted by molar-refractivity contribution is 5.81. The predicted molar refractivity (Wildman–Crippen MR) is 91.8 cm³/mol. The summed E-state index contributed by atoms with van der Waals surface area (Å²) in [5.41, 5.74) is 7.24. The largest absolute Gasteiger partial charge is 0.412 e. The number of hydrogen-bond acceptors (Lipinski definition) is 7. The summed E-state index contributed by atoms with van der Waals surface area (Å²) in [5.74, 6) is 0.0607. The summed E-state index contributed by atoms with van der Waals surface area (Å²) >= 11 is 0. The fourth-order valence-corrected chi connectivity index (χ4v) is 3.32. The van der Waals surface area contributed by atoms with Gasteiger partial charge in [-0.2, -0.15) is 0 Å². The summed E-state index contributed by atoms with van der Waals surface area (Å²) in [5, 5.41) is 0. The molecule has 2 aromatic rings. The second-order valence-electron chi connectivity index (χ2n) is 6.77. The standard InChI is InChI=1S/C13H17N5O2.C3H6O.H2O/c1-13(2)19-8-4-3-7(10(8)20-13)18-6-17-9-11(14)15-5-16-12(9)18;1-3(2)4;/h5-8,10H,3-4H2,1-2H3,(H2,14,15,16);1-2H3;1H2. The van der Waals surface area contributed by atoms with Crippen LogP contribution in [0.3, 0.4) is 0 Å². The summed E-state index contributed by atoms with van der Waals surface area (Å²) in [6.07, 6.45) is 5.40. The van der Waals surface area contributed by atoms with Crippen LogP contribution in [-0.2, 0) is 14.3 Å². The topological polar surface area (TPSA) is 137 Å². The maximum atomic E-state index is 9.44. The van der Waals surface area contributed by atoms with Crippen LogP contribution in [0, 0.1) is 0 Å². The number of carbonyl (C=O) groups is 1. The van der Waals surface area contributed by atoms with E-state index < -0.39 is 5.79 Å². The number of fused-ring (bicyclic) bond motifs is 2. The van der Waals surface area contributed by atoms with E-state index in [1.807, 2.05) is 18.4 Å². The number of anilines is 1. The van der Waals surface area contributed by atoms with Crippen LogP contribution in [0.2, 0.25) is 0 Å². The molecule has 0 radical (unpaired) electrons. The Morgan fingerprint density at radius 1 is 1.24 bits per heavy atom. The van der Waals surface area contributed by atoms with Crippen LogP contribution in [-0.4, -0.2) is 48.8 Å². The lowest BCUT2D eigenvalue weighted by atomic mass is 10.2. The molecule has 2 fully saturated rings. The van der Waals surface area contributed by atoms with Gasteiger partial charge in [-0.3, -0.25) is 0 Å². The Labute approximate surface area is 145 Å². The first-order valence-corrected chi connectivity index (χ1v) is 8.04. The Hall–Kier alpha value is -2.10. The van der Waals surface area contributed by atoms with E-state index in [1.165, 1.54) is 20.2 Å². The summed E-state index contributed by atoms with van der Waals surface area (Å²) in [6, 6.07) is 0.182. The molecule has 1 aliphatic heterocycles. The van der Waals surface area contributed by atoms with Crippen molar-refractivity contribution >= 4 is 22.8 Å². The molecule has 4 N–H and O–H groups in total. The number of ketones is 1. The van der Waals surface area contributed by atoms with Crippen molar-refractivity contribution in [3.8, 4) is 0 Å². The maximum Gasteiger partial charge on any atom is 0.165 e. The summed E-state index contributed by atoms with van der Waals surface area (Å²) in [6.45, 7) is 6.96. The highest BCUT2D eigenvalue weighted by Crippen LogP contribution is 2.44. The summed E-state index contributed by atoms with van der Waals surface area (Å²) < 4.78 is 14.0. The molecule has 138 valence electrons. The second-order valence-corrected chi connectivity index (χ2v) is 6.77. The molecule has 0 spiro atoms. The first kappa shape index (κ1) is 19.2. The second kappa shape index (κ2) is 7.03. The van der Waals surface area contributed by atoms with Gasteiger partial charge in [0, 0.05) is 0 Å². The molecular formula is C16H25N5O4. The average Bonchev–Trinajstić information content (AvgIpc) is 3.10. The molecule has 4 rings (SSSR count). The van der Waals surface area contributed by atoms with Gasteiger partial charge in [0.2, 0.25) is 0 Å². The van der Waals surface area contributed by atoms with Gasteiger partial charge in [0.25, 0.3) is 0 Å². The number of hydrogen-bond donors (Lipinski definition) is 1. The van der Waals surface area contributed by atoms with E-state index in [2.05, 4.69) is 15.0 Å². The summed E-state index contributed by atoms with van der Waals surface area (Å²) in [4.78, 5) is 22.1. The number of nitrogens with zero attached hydrogens (tertiary/aromatic N) is 4. The normalized spacial score (nSPS) is 26.5. The first-order chi connectivity index (χ1) is 11.3. The molecule has 1 aliphatic carbocycles. The van der Waals surface area contributed by atoms with Crippen molar-refractivity contribution in [2.24, 2.45) is 0 Å². The monoisotopic (exact) mass is 351 g/mol. The molecule has 3 unspecified atom stereocenters. The molecule has 2 aliphatic rings. The molecule has 1 saturated heterocycles. The van der Waals surface area contributed by atoms with Gasteiger partial charge >= 0.3 is 0 Å².